The molecule has 0 aromatic rings. The van der Waals surface area contributed by atoms with Crippen molar-refractivity contribution in [3.8, 4) is 0 Å². The smallest absolute Gasteiger partial charge is 0.0484 e. The molecule has 0 unspecified atom stereocenters. The first-order chi connectivity index (χ1) is 8.30. The third-order valence-corrected chi connectivity index (χ3v) is 4.39. The Balaban J connectivity index is 1.89. The number of hydrogen-bond acceptors (Lipinski definition) is 4. The molecule has 0 aliphatic carbocycles. The normalized spacial score (nSPS) is 27.2. The Kier molecular flexibility index (Phi) is 4.79. The van der Waals surface area contributed by atoms with Gasteiger partial charge in [-0.2, -0.15) is 0 Å². The first-order valence-corrected chi connectivity index (χ1v) is 7.06. The van der Waals surface area contributed by atoms with Gasteiger partial charge in [-0.3, -0.25) is 4.90 Å². The summed E-state index contributed by atoms with van der Waals surface area (Å²) in [6.07, 6.45) is 3.48. The molecular formula is C13H27N3O. The van der Waals surface area contributed by atoms with Gasteiger partial charge in [0, 0.05) is 51.5 Å². The van der Waals surface area contributed by atoms with Gasteiger partial charge in [-0.25, -0.2) is 0 Å². The lowest BCUT2D eigenvalue weighted by Crippen LogP contribution is -2.62. The van der Waals surface area contributed by atoms with Crippen LogP contribution < -0.4 is 5.73 Å². The van der Waals surface area contributed by atoms with Crippen LogP contribution in [0.5, 0.6) is 0 Å². The molecule has 2 heterocycles. The molecule has 2 aliphatic heterocycles. The number of ether oxygens (including phenoxy) is 1. The fourth-order valence-electron chi connectivity index (χ4n) is 3.16. The molecule has 0 amide bonds. The third kappa shape index (κ3) is 2.99. The van der Waals surface area contributed by atoms with Crippen molar-refractivity contribution in [1.29, 1.82) is 0 Å². The second-order valence-corrected chi connectivity index (χ2v) is 5.37. The van der Waals surface area contributed by atoms with Crippen molar-refractivity contribution in [2.45, 2.75) is 31.7 Å². The maximum absolute atomic E-state index is 6.05. The minimum atomic E-state index is 0.233. The lowest BCUT2D eigenvalue weighted by molar-refractivity contribution is -0.0424. The Morgan fingerprint density at radius 1 is 1.12 bits per heavy atom. The second kappa shape index (κ2) is 6.14. The zero-order chi connectivity index (χ0) is 12.1. The average molecular weight is 241 g/mol. The molecule has 2 N–H and O–H groups in total. The minimum absolute atomic E-state index is 0.233. The number of piperazine rings is 1. The summed E-state index contributed by atoms with van der Waals surface area (Å²) in [6, 6.07) is 0. The highest BCUT2D eigenvalue weighted by molar-refractivity contribution is 4.95. The quantitative estimate of drug-likeness (QED) is 0.779. The first kappa shape index (κ1) is 13.3. The van der Waals surface area contributed by atoms with Gasteiger partial charge < -0.3 is 15.4 Å². The molecule has 0 atom stereocenters. The van der Waals surface area contributed by atoms with Crippen molar-refractivity contribution in [2.24, 2.45) is 5.73 Å². The molecule has 0 aromatic carbocycles. The molecular weight excluding hydrogens is 214 g/mol. The Labute approximate surface area is 105 Å². The monoisotopic (exact) mass is 241 g/mol. The van der Waals surface area contributed by atoms with E-state index in [9.17, 15) is 0 Å². The maximum atomic E-state index is 6.05. The fourth-order valence-corrected chi connectivity index (χ4v) is 3.16. The largest absolute Gasteiger partial charge is 0.381 e. The Morgan fingerprint density at radius 2 is 1.76 bits per heavy atom. The molecule has 100 valence electrons. The van der Waals surface area contributed by atoms with Crippen LogP contribution in [-0.4, -0.2) is 67.8 Å². The molecule has 2 saturated heterocycles. The molecule has 2 rings (SSSR count). The van der Waals surface area contributed by atoms with E-state index >= 15 is 0 Å². The number of nitrogens with zero attached hydrogens (tertiary/aromatic N) is 2. The van der Waals surface area contributed by atoms with E-state index in [0.717, 1.165) is 32.6 Å². The number of hydrogen-bond donors (Lipinski definition) is 1. The van der Waals surface area contributed by atoms with Gasteiger partial charge in [0.25, 0.3) is 0 Å². The zero-order valence-corrected chi connectivity index (χ0v) is 11.2. The number of rotatable bonds is 4. The highest BCUT2D eigenvalue weighted by atomic mass is 16.5. The molecule has 4 nitrogen and oxygen atoms in total. The van der Waals surface area contributed by atoms with Gasteiger partial charge in [-0.05, 0) is 25.8 Å². The average Bonchev–Trinajstić information content (AvgIpc) is 2.41. The summed E-state index contributed by atoms with van der Waals surface area (Å²) < 4.78 is 5.48. The molecule has 2 fully saturated rings. The van der Waals surface area contributed by atoms with Gasteiger partial charge in [0.05, 0.1) is 0 Å². The summed E-state index contributed by atoms with van der Waals surface area (Å²) in [4.78, 5) is 5.20. The van der Waals surface area contributed by atoms with Gasteiger partial charge >= 0.3 is 0 Å². The van der Waals surface area contributed by atoms with Gasteiger partial charge in [0.1, 0.15) is 0 Å². The van der Waals surface area contributed by atoms with E-state index in [4.69, 9.17) is 10.5 Å². The topological polar surface area (TPSA) is 41.7 Å². The van der Waals surface area contributed by atoms with Crippen LogP contribution in [0, 0.1) is 0 Å². The van der Waals surface area contributed by atoms with Crippen LogP contribution in [0.4, 0.5) is 0 Å². The van der Waals surface area contributed by atoms with Gasteiger partial charge in [-0.15, -0.1) is 0 Å². The van der Waals surface area contributed by atoms with Crippen molar-refractivity contribution in [3.05, 3.63) is 0 Å². The molecule has 0 saturated carbocycles. The van der Waals surface area contributed by atoms with Crippen molar-refractivity contribution < 1.29 is 4.74 Å². The minimum Gasteiger partial charge on any atom is -0.381 e. The van der Waals surface area contributed by atoms with E-state index in [2.05, 4.69) is 16.7 Å². The Morgan fingerprint density at radius 3 is 2.29 bits per heavy atom. The predicted octanol–water partition coefficient (Wildman–Crippen LogP) is 0.522. The van der Waals surface area contributed by atoms with Crippen molar-refractivity contribution >= 4 is 0 Å². The van der Waals surface area contributed by atoms with Crippen LogP contribution in [0.15, 0.2) is 0 Å². The predicted molar refractivity (Wildman–Crippen MR) is 70.1 cm³/mol. The molecule has 2 aliphatic rings. The number of nitrogens with two attached hydrogens (primary N) is 1. The standard InChI is InChI=1S/C13H27N3O/c1-2-5-15-6-8-16(9-7-15)13(12-14)3-10-17-11-4-13/h2-12,14H2,1H3. The highest BCUT2D eigenvalue weighted by Gasteiger charge is 2.38. The first-order valence-electron chi connectivity index (χ1n) is 7.06. The molecule has 0 spiro atoms. The lowest BCUT2D eigenvalue weighted by atomic mass is 9.87. The van der Waals surface area contributed by atoms with Crippen LogP contribution in [-0.2, 0) is 4.74 Å². The molecule has 0 radical (unpaired) electrons. The SMILES string of the molecule is CCCN1CCN(C2(CN)CCOCC2)CC1. The summed E-state index contributed by atoms with van der Waals surface area (Å²) in [6.45, 7) is 10.8. The van der Waals surface area contributed by atoms with E-state index in [1.165, 1.54) is 39.1 Å². The Hall–Kier alpha value is -0.160. The summed E-state index contributed by atoms with van der Waals surface area (Å²) in [5.74, 6) is 0. The van der Waals surface area contributed by atoms with E-state index in [1.807, 2.05) is 0 Å². The van der Waals surface area contributed by atoms with E-state index in [0.29, 0.717) is 0 Å². The fraction of sp³-hybridized carbons (Fsp3) is 1.00. The van der Waals surface area contributed by atoms with Gasteiger partial charge in [0.2, 0.25) is 0 Å². The molecule has 4 heteroatoms. The van der Waals surface area contributed by atoms with Crippen LogP contribution in [0.2, 0.25) is 0 Å². The van der Waals surface area contributed by atoms with E-state index in [1.54, 1.807) is 0 Å². The maximum Gasteiger partial charge on any atom is 0.0484 e. The molecule has 0 aromatic heterocycles. The Bertz CT molecular complexity index is 221. The summed E-state index contributed by atoms with van der Waals surface area (Å²) >= 11 is 0. The summed E-state index contributed by atoms with van der Waals surface area (Å²) in [5.41, 5.74) is 6.28. The highest BCUT2D eigenvalue weighted by Crippen LogP contribution is 2.28. The van der Waals surface area contributed by atoms with E-state index in [-0.39, 0.29) is 5.54 Å². The van der Waals surface area contributed by atoms with Crippen LogP contribution in [0.25, 0.3) is 0 Å². The van der Waals surface area contributed by atoms with E-state index < -0.39 is 0 Å². The van der Waals surface area contributed by atoms with Crippen molar-refractivity contribution in [2.75, 3.05) is 52.5 Å². The molecule has 0 bridgehead atoms. The zero-order valence-electron chi connectivity index (χ0n) is 11.2. The van der Waals surface area contributed by atoms with Gasteiger partial charge in [0.15, 0.2) is 0 Å². The molecule has 17 heavy (non-hydrogen) atoms. The van der Waals surface area contributed by atoms with Crippen molar-refractivity contribution in [1.82, 2.24) is 9.80 Å². The van der Waals surface area contributed by atoms with Crippen LogP contribution in [0.3, 0.4) is 0 Å². The third-order valence-electron chi connectivity index (χ3n) is 4.39. The summed E-state index contributed by atoms with van der Waals surface area (Å²) in [7, 11) is 0. The lowest BCUT2D eigenvalue weighted by Gasteiger charge is -2.49. The summed E-state index contributed by atoms with van der Waals surface area (Å²) in [5, 5.41) is 0. The second-order valence-electron chi connectivity index (χ2n) is 5.37. The van der Waals surface area contributed by atoms with Crippen molar-refractivity contribution in [3.63, 3.8) is 0 Å². The van der Waals surface area contributed by atoms with Gasteiger partial charge in [-0.1, -0.05) is 6.92 Å². The van der Waals surface area contributed by atoms with Crippen LogP contribution in [0.1, 0.15) is 26.2 Å². The van der Waals surface area contributed by atoms with Crippen LogP contribution >= 0.6 is 0 Å².